The maximum Gasteiger partial charge on any atom is 0.255 e. The van der Waals surface area contributed by atoms with Gasteiger partial charge in [-0.1, -0.05) is 36.0 Å². The number of aromatic amines is 1. The average molecular weight is 504 g/mol. The number of nitrogen functional groups attached to an aromatic ring is 1. The van der Waals surface area contributed by atoms with Crippen molar-refractivity contribution in [2.75, 3.05) is 50.5 Å². The SMILES string of the molecule is Nc1ccccc1NC(=O)c1ccc(CSc2nc3ccc(OCCN4CCOCC4)cc3[nH]2)cc1. The summed E-state index contributed by atoms with van der Waals surface area (Å²) in [4.78, 5) is 22.9. The second-order valence-corrected chi connectivity index (χ2v) is 9.51. The number of anilines is 2. The van der Waals surface area contributed by atoms with Crippen LogP contribution in [-0.2, 0) is 10.5 Å². The van der Waals surface area contributed by atoms with E-state index in [0.29, 0.717) is 23.5 Å². The van der Waals surface area contributed by atoms with Crippen molar-refractivity contribution in [3.63, 3.8) is 0 Å². The van der Waals surface area contributed by atoms with Crippen LogP contribution in [0.3, 0.4) is 0 Å². The second kappa shape index (κ2) is 11.5. The fraction of sp³-hybridized carbons (Fsp3) is 0.259. The molecule has 4 aromatic rings. The van der Waals surface area contributed by atoms with Crippen molar-refractivity contribution in [3.05, 3.63) is 77.9 Å². The molecule has 4 N–H and O–H groups in total. The normalized spacial score (nSPS) is 14.1. The summed E-state index contributed by atoms with van der Waals surface area (Å²) < 4.78 is 11.3. The lowest BCUT2D eigenvalue weighted by Gasteiger charge is -2.26. The number of benzene rings is 3. The molecule has 0 saturated carbocycles. The molecule has 186 valence electrons. The van der Waals surface area contributed by atoms with E-state index in [1.54, 1.807) is 23.9 Å². The van der Waals surface area contributed by atoms with Crippen molar-refractivity contribution < 1.29 is 14.3 Å². The van der Waals surface area contributed by atoms with Gasteiger partial charge in [-0.05, 0) is 42.0 Å². The smallest absolute Gasteiger partial charge is 0.255 e. The number of nitrogens with zero attached hydrogens (tertiary/aromatic N) is 2. The number of hydrogen-bond donors (Lipinski definition) is 3. The number of morpholine rings is 1. The quantitative estimate of drug-likeness (QED) is 0.230. The third kappa shape index (κ3) is 6.17. The maximum absolute atomic E-state index is 12.5. The molecular weight excluding hydrogens is 474 g/mol. The standard InChI is InChI=1S/C27H29N5O3S/c28-22-3-1-2-4-23(22)29-26(33)20-7-5-19(6-8-20)18-36-27-30-24-10-9-21(17-25(24)31-27)35-16-13-32-11-14-34-15-12-32/h1-10,17H,11-16,18,28H2,(H,29,33)(H,30,31). The molecule has 0 aliphatic carbocycles. The molecule has 1 aromatic heterocycles. The van der Waals surface area contributed by atoms with Crippen molar-refractivity contribution in [1.82, 2.24) is 14.9 Å². The Labute approximate surface area is 214 Å². The van der Waals surface area contributed by atoms with Crippen molar-refractivity contribution in [2.45, 2.75) is 10.9 Å². The van der Waals surface area contributed by atoms with Gasteiger partial charge in [-0.3, -0.25) is 9.69 Å². The van der Waals surface area contributed by atoms with Crippen molar-refractivity contribution >= 4 is 40.1 Å². The molecule has 0 radical (unpaired) electrons. The first-order chi connectivity index (χ1) is 17.6. The van der Waals surface area contributed by atoms with Crippen LogP contribution in [0.4, 0.5) is 11.4 Å². The number of thioether (sulfide) groups is 1. The number of carbonyl (C=O) groups excluding carboxylic acids is 1. The van der Waals surface area contributed by atoms with Crippen molar-refractivity contribution in [2.24, 2.45) is 0 Å². The number of fused-ring (bicyclic) bond motifs is 1. The first kappa shape index (κ1) is 24.2. The summed E-state index contributed by atoms with van der Waals surface area (Å²) in [5.41, 5.74) is 10.6. The lowest BCUT2D eigenvalue weighted by atomic mass is 10.1. The van der Waals surface area contributed by atoms with Crippen LogP contribution in [0.5, 0.6) is 5.75 Å². The number of nitrogens with one attached hydrogen (secondary N) is 2. The van der Waals surface area contributed by atoms with Crippen LogP contribution in [-0.4, -0.2) is 60.2 Å². The van der Waals surface area contributed by atoms with E-state index in [1.165, 1.54) is 0 Å². The first-order valence-electron chi connectivity index (χ1n) is 11.9. The van der Waals surface area contributed by atoms with Crippen LogP contribution in [0, 0.1) is 0 Å². The Morgan fingerprint density at radius 2 is 1.92 bits per heavy atom. The third-order valence-corrected chi connectivity index (χ3v) is 6.96. The van der Waals surface area contributed by atoms with Gasteiger partial charge in [0.1, 0.15) is 12.4 Å². The van der Waals surface area contributed by atoms with E-state index in [1.807, 2.05) is 54.6 Å². The fourth-order valence-corrected chi connectivity index (χ4v) is 4.79. The number of amides is 1. The largest absolute Gasteiger partial charge is 0.492 e. The molecule has 5 rings (SSSR count). The summed E-state index contributed by atoms with van der Waals surface area (Å²) in [6.07, 6.45) is 0. The van der Waals surface area contributed by atoms with Gasteiger partial charge in [-0.25, -0.2) is 4.98 Å². The molecule has 2 heterocycles. The van der Waals surface area contributed by atoms with Crippen LogP contribution in [0.1, 0.15) is 15.9 Å². The summed E-state index contributed by atoms with van der Waals surface area (Å²) in [5, 5.41) is 3.70. The van der Waals surface area contributed by atoms with Gasteiger partial charge < -0.3 is 25.5 Å². The highest BCUT2D eigenvalue weighted by atomic mass is 32.2. The molecule has 1 aliphatic heterocycles. The summed E-state index contributed by atoms with van der Waals surface area (Å²) in [6, 6.07) is 20.7. The van der Waals surface area contributed by atoms with Crippen LogP contribution in [0.15, 0.2) is 71.9 Å². The molecule has 1 fully saturated rings. The van der Waals surface area contributed by atoms with Crippen molar-refractivity contribution in [1.29, 1.82) is 0 Å². The first-order valence-corrected chi connectivity index (χ1v) is 12.9. The number of carbonyl (C=O) groups is 1. The van der Waals surface area contributed by atoms with Gasteiger partial charge in [0.25, 0.3) is 5.91 Å². The maximum atomic E-state index is 12.5. The van der Waals surface area contributed by atoms with E-state index in [9.17, 15) is 4.79 Å². The van der Waals surface area contributed by atoms with Gasteiger partial charge in [0, 0.05) is 37.0 Å². The zero-order valence-corrected chi connectivity index (χ0v) is 20.7. The number of rotatable bonds is 9. The summed E-state index contributed by atoms with van der Waals surface area (Å²) in [6.45, 7) is 5.05. The Kier molecular flexibility index (Phi) is 7.70. The highest BCUT2D eigenvalue weighted by molar-refractivity contribution is 7.98. The molecule has 0 spiro atoms. The third-order valence-electron chi connectivity index (χ3n) is 6.01. The highest BCUT2D eigenvalue weighted by Crippen LogP contribution is 2.26. The zero-order valence-electron chi connectivity index (χ0n) is 19.9. The predicted molar refractivity (Wildman–Crippen MR) is 144 cm³/mol. The summed E-state index contributed by atoms with van der Waals surface area (Å²) in [7, 11) is 0. The molecule has 1 saturated heterocycles. The van der Waals surface area contributed by atoms with Crippen LogP contribution >= 0.6 is 11.8 Å². The Hall–Kier alpha value is -3.53. The van der Waals surface area contributed by atoms with E-state index in [-0.39, 0.29) is 5.91 Å². The number of para-hydroxylation sites is 2. The Morgan fingerprint density at radius 1 is 1.11 bits per heavy atom. The van der Waals surface area contributed by atoms with E-state index in [2.05, 4.69) is 20.2 Å². The van der Waals surface area contributed by atoms with Crippen LogP contribution < -0.4 is 15.8 Å². The number of H-pyrrole nitrogens is 1. The Morgan fingerprint density at radius 3 is 2.72 bits per heavy atom. The second-order valence-electron chi connectivity index (χ2n) is 8.55. The number of hydrogen-bond acceptors (Lipinski definition) is 7. The minimum Gasteiger partial charge on any atom is -0.492 e. The van der Waals surface area contributed by atoms with E-state index >= 15 is 0 Å². The van der Waals surface area contributed by atoms with E-state index < -0.39 is 0 Å². The minimum absolute atomic E-state index is 0.188. The van der Waals surface area contributed by atoms with E-state index in [4.69, 9.17) is 15.2 Å². The van der Waals surface area contributed by atoms with Crippen LogP contribution in [0.2, 0.25) is 0 Å². The molecule has 0 atom stereocenters. The number of nitrogens with two attached hydrogens (primary N) is 1. The topological polar surface area (TPSA) is 106 Å². The molecule has 36 heavy (non-hydrogen) atoms. The zero-order chi connectivity index (χ0) is 24.7. The van der Waals surface area contributed by atoms with Gasteiger partial charge in [0.15, 0.2) is 5.16 Å². The fourth-order valence-electron chi connectivity index (χ4n) is 3.95. The predicted octanol–water partition coefficient (Wildman–Crippen LogP) is 4.40. The number of imidazole rings is 1. The van der Waals surface area contributed by atoms with Gasteiger partial charge >= 0.3 is 0 Å². The highest BCUT2D eigenvalue weighted by Gasteiger charge is 2.11. The molecule has 3 aromatic carbocycles. The Bertz CT molecular complexity index is 1320. The Balaban J connectivity index is 1.13. The lowest BCUT2D eigenvalue weighted by Crippen LogP contribution is -2.38. The summed E-state index contributed by atoms with van der Waals surface area (Å²) >= 11 is 1.62. The summed E-state index contributed by atoms with van der Waals surface area (Å²) in [5.74, 6) is 1.38. The van der Waals surface area contributed by atoms with Gasteiger partial charge in [0.05, 0.1) is 35.6 Å². The van der Waals surface area contributed by atoms with Gasteiger partial charge in [-0.2, -0.15) is 0 Å². The van der Waals surface area contributed by atoms with Gasteiger partial charge in [-0.15, -0.1) is 0 Å². The molecular formula is C27H29N5O3S. The van der Waals surface area contributed by atoms with Crippen LogP contribution in [0.25, 0.3) is 11.0 Å². The molecule has 1 amide bonds. The molecule has 1 aliphatic rings. The molecule has 0 bridgehead atoms. The molecule has 0 unspecified atom stereocenters. The number of aromatic nitrogens is 2. The van der Waals surface area contributed by atoms with E-state index in [0.717, 1.165) is 66.1 Å². The molecule has 9 heteroatoms. The average Bonchev–Trinajstić information content (AvgIpc) is 3.32. The molecule has 8 nitrogen and oxygen atoms in total. The van der Waals surface area contributed by atoms with Crippen molar-refractivity contribution in [3.8, 4) is 5.75 Å². The van der Waals surface area contributed by atoms with Gasteiger partial charge in [0.2, 0.25) is 0 Å². The number of ether oxygens (including phenoxy) is 2. The lowest BCUT2D eigenvalue weighted by molar-refractivity contribution is 0.0322. The minimum atomic E-state index is -0.188. The monoisotopic (exact) mass is 503 g/mol.